The lowest BCUT2D eigenvalue weighted by atomic mass is 10.1. The van der Waals surface area contributed by atoms with Crippen LogP contribution >= 0.6 is 11.6 Å². The summed E-state index contributed by atoms with van der Waals surface area (Å²) in [6.07, 6.45) is 3.73. The van der Waals surface area contributed by atoms with Crippen molar-refractivity contribution >= 4 is 17.5 Å². The van der Waals surface area contributed by atoms with Crippen molar-refractivity contribution in [3.8, 4) is 5.69 Å². The Labute approximate surface area is 134 Å². The SMILES string of the molecule is CCONC(=O)c1cnn(-c2ccc(C)c(Cl)c2)c1C1CC1. The first-order valence-corrected chi connectivity index (χ1v) is 7.76. The van der Waals surface area contributed by atoms with Crippen LogP contribution in [0.3, 0.4) is 0 Å². The van der Waals surface area contributed by atoms with E-state index < -0.39 is 0 Å². The van der Waals surface area contributed by atoms with Gasteiger partial charge in [0.25, 0.3) is 5.91 Å². The highest BCUT2D eigenvalue weighted by Crippen LogP contribution is 2.42. The van der Waals surface area contributed by atoms with Crippen LogP contribution in [-0.2, 0) is 4.84 Å². The fourth-order valence-corrected chi connectivity index (χ4v) is 2.57. The highest BCUT2D eigenvalue weighted by atomic mass is 35.5. The molecule has 1 aliphatic rings. The van der Waals surface area contributed by atoms with Crippen molar-refractivity contribution in [3.63, 3.8) is 0 Å². The van der Waals surface area contributed by atoms with Crippen LogP contribution in [0.5, 0.6) is 0 Å². The van der Waals surface area contributed by atoms with E-state index in [4.69, 9.17) is 16.4 Å². The van der Waals surface area contributed by atoms with Crippen molar-refractivity contribution < 1.29 is 9.63 Å². The number of nitrogens with zero attached hydrogens (tertiary/aromatic N) is 2. The van der Waals surface area contributed by atoms with Gasteiger partial charge in [0, 0.05) is 10.9 Å². The van der Waals surface area contributed by atoms with Gasteiger partial charge in [-0.05, 0) is 44.4 Å². The number of amides is 1. The third kappa shape index (κ3) is 2.87. The van der Waals surface area contributed by atoms with Gasteiger partial charge in [-0.2, -0.15) is 5.10 Å². The van der Waals surface area contributed by atoms with E-state index in [0.29, 0.717) is 23.1 Å². The molecule has 3 rings (SSSR count). The lowest BCUT2D eigenvalue weighted by Crippen LogP contribution is -2.24. The number of carbonyl (C=O) groups is 1. The maximum atomic E-state index is 12.2. The zero-order valence-corrected chi connectivity index (χ0v) is 13.4. The smallest absolute Gasteiger partial charge is 0.274 e. The fraction of sp³-hybridized carbons (Fsp3) is 0.375. The number of hydroxylamine groups is 1. The summed E-state index contributed by atoms with van der Waals surface area (Å²) in [7, 11) is 0. The molecule has 1 heterocycles. The molecule has 0 bridgehead atoms. The minimum absolute atomic E-state index is 0.256. The monoisotopic (exact) mass is 319 g/mol. The Morgan fingerprint density at radius 3 is 2.91 bits per heavy atom. The average Bonchev–Trinajstić information content (AvgIpc) is 3.26. The predicted octanol–water partition coefficient (Wildman–Crippen LogP) is 3.39. The van der Waals surface area contributed by atoms with Crippen molar-refractivity contribution in [2.24, 2.45) is 0 Å². The van der Waals surface area contributed by atoms with Gasteiger partial charge in [0.15, 0.2) is 0 Å². The molecule has 1 aliphatic carbocycles. The second-order valence-corrected chi connectivity index (χ2v) is 5.83. The Hall–Kier alpha value is -1.85. The maximum Gasteiger partial charge on any atom is 0.278 e. The van der Waals surface area contributed by atoms with E-state index in [1.165, 1.54) is 0 Å². The van der Waals surface area contributed by atoms with E-state index in [9.17, 15) is 4.79 Å². The van der Waals surface area contributed by atoms with E-state index in [2.05, 4.69) is 10.6 Å². The Balaban J connectivity index is 1.99. The van der Waals surface area contributed by atoms with Gasteiger partial charge >= 0.3 is 0 Å². The summed E-state index contributed by atoms with van der Waals surface area (Å²) in [5.41, 5.74) is 5.81. The van der Waals surface area contributed by atoms with Gasteiger partial charge in [0.2, 0.25) is 0 Å². The summed E-state index contributed by atoms with van der Waals surface area (Å²) < 4.78 is 1.81. The van der Waals surface area contributed by atoms with Crippen LogP contribution in [0.4, 0.5) is 0 Å². The van der Waals surface area contributed by atoms with Crippen molar-refractivity contribution in [1.82, 2.24) is 15.3 Å². The molecule has 22 heavy (non-hydrogen) atoms. The minimum Gasteiger partial charge on any atom is -0.274 e. The van der Waals surface area contributed by atoms with Crippen LogP contribution in [0.15, 0.2) is 24.4 Å². The number of carbonyl (C=O) groups excluding carboxylic acids is 1. The number of nitrogens with one attached hydrogen (secondary N) is 1. The average molecular weight is 320 g/mol. The third-order valence-corrected chi connectivity index (χ3v) is 4.13. The van der Waals surface area contributed by atoms with Crippen LogP contribution in [0.25, 0.3) is 5.69 Å². The van der Waals surface area contributed by atoms with E-state index in [1.54, 1.807) is 6.20 Å². The Morgan fingerprint density at radius 1 is 1.50 bits per heavy atom. The molecule has 0 spiro atoms. The quantitative estimate of drug-likeness (QED) is 0.859. The predicted molar refractivity (Wildman–Crippen MR) is 84.4 cm³/mol. The van der Waals surface area contributed by atoms with Crippen LogP contribution < -0.4 is 5.48 Å². The molecule has 0 atom stereocenters. The molecule has 0 aliphatic heterocycles. The van der Waals surface area contributed by atoms with Gasteiger partial charge in [-0.15, -0.1) is 0 Å². The number of hydrogen-bond acceptors (Lipinski definition) is 3. The normalized spacial score (nSPS) is 14.1. The van der Waals surface area contributed by atoms with Crippen molar-refractivity contribution in [3.05, 3.63) is 46.2 Å². The lowest BCUT2D eigenvalue weighted by molar-refractivity contribution is 0.0363. The highest BCUT2D eigenvalue weighted by molar-refractivity contribution is 6.31. The first-order valence-electron chi connectivity index (χ1n) is 7.38. The van der Waals surface area contributed by atoms with Crippen molar-refractivity contribution in [2.45, 2.75) is 32.6 Å². The fourth-order valence-electron chi connectivity index (χ4n) is 2.39. The molecule has 1 amide bonds. The van der Waals surface area contributed by atoms with Crippen LogP contribution in [0.1, 0.15) is 47.3 Å². The molecule has 0 saturated heterocycles. The molecule has 1 aromatic heterocycles. The first-order chi connectivity index (χ1) is 10.6. The molecule has 1 N–H and O–H groups in total. The van der Waals surface area contributed by atoms with Gasteiger partial charge in [-0.25, -0.2) is 10.2 Å². The Bertz CT molecular complexity index is 707. The second-order valence-electron chi connectivity index (χ2n) is 5.43. The molecule has 1 saturated carbocycles. The van der Waals surface area contributed by atoms with E-state index in [1.807, 2.05) is 36.7 Å². The first kappa shape index (κ1) is 15.1. The number of aryl methyl sites for hydroxylation is 1. The van der Waals surface area contributed by atoms with Gasteiger partial charge < -0.3 is 0 Å². The number of rotatable bonds is 5. The zero-order valence-electron chi connectivity index (χ0n) is 12.6. The third-order valence-electron chi connectivity index (χ3n) is 3.72. The number of aromatic nitrogens is 2. The molecule has 116 valence electrons. The molecule has 0 unspecified atom stereocenters. The maximum absolute atomic E-state index is 12.2. The Morgan fingerprint density at radius 2 is 2.27 bits per heavy atom. The molecule has 0 radical (unpaired) electrons. The van der Waals surface area contributed by atoms with Crippen LogP contribution in [-0.4, -0.2) is 22.3 Å². The van der Waals surface area contributed by atoms with E-state index in [0.717, 1.165) is 29.8 Å². The molecular formula is C16H18ClN3O2. The number of benzene rings is 1. The molecule has 2 aromatic rings. The molecule has 1 fully saturated rings. The summed E-state index contributed by atoms with van der Waals surface area (Å²) in [5, 5.41) is 5.08. The Kier molecular flexibility index (Phi) is 4.18. The summed E-state index contributed by atoms with van der Waals surface area (Å²) in [6.45, 7) is 4.20. The summed E-state index contributed by atoms with van der Waals surface area (Å²) in [4.78, 5) is 17.2. The van der Waals surface area contributed by atoms with Crippen LogP contribution in [0.2, 0.25) is 5.02 Å². The van der Waals surface area contributed by atoms with E-state index in [-0.39, 0.29) is 5.91 Å². The molecule has 1 aromatic carbocycles. The zero-order chi connectivity index (χ0) is 15.7. The summed E-state index contributed by atoms with van der Waals surface area (Å²) in [6, 6.07) is 5.79. The second kappa shape index (κ2) is 6.10. The minimum atomic E-state index is -0.256. The number of hydrogen-bond donors (Lipinski definition) is 1. The van der Waals surface area contributed by atoms with Crippen molar-refractivity contribution in [1.29, 1.82) is 0 Å². The number of halogens is 1. The lowest BCUT2D eigenvalue weighted by Gasteiger charge is -2.10. The standard InChI is InChI=1S/C16H18ClN3O2/c1-3-22-19-16(21)13-9-18-20(15(13)11-5-6-11)12-7-4-10(2)14(17)8-12/h4,7-9,11H,3,5-6H2,1-2H3,(H,19,21). The topological polar surface area (TPSA) is 56.1 Å². The van der Waals surface area contributed by atoms with Gasteiger partial charge in [-0.1, -0.05) is 17.7 Å². The largest absolute Gasteiger partial charge is 0.278 e. The molecular weight excluding hydrogens is 302 g/mol. The van der Waals surface area contributed by atoms with Gasteiger partial charge in [0.1, 0.15) is 0 Å². The van der Waals surface area contributed by atoms with E-state index >= 15 is 0 Å². The van der Waals surface area contributed by atoms with Crippen molar-refractivity contribution in [2.75, 3.05) is 6.61 Å². The summed E-state index contributed by atoms with van der Waals surface area (Å²) in [5.74, 6) is 0.109. The highest BCUT2D eigenvalue weighted by Gasteiger charge is 2.33. The summed E-state index contributed by atoms with van der Waals surface area (Å²) >= 11 is 6.21. The molecule has 5 nitrogen and oxygen atoms in total. The van der Waals surface area contributed by atoms with Gasteiger partial charge in [0.05, 0.1) is 29.7 Å². The molecule has 6 heteroatoms. The van der Waals surface area contributed by atoms with Gasteiger partial charge in [-0.3, -0.25) is 9.63 Å². The van der Waals surface area contributed by atoms with Crippen LogP contribution in [0, 0.1) is 6.92 Å².